The fourth-order valence-corrected chi connectivity index (χ4v) is 4.45. The number of Topliss-reactive ketones (excluding diaryl/α,β-unsaturated/α-hetero) is 1. The van der Waals surface area contributed by atoms with E-state index in [1.165, 1.54) is 18.3 Å². The number of hydrogen-bond donors (Lipinski definition) is 2. The van der Waals surface area contributed by atoms with Crippen LogP contribution in [0, 0.1) is 0 Å². The summed E-state index contributed by atoms with van der Waals surface area (Å²) in [6.45, 7) is 1.70. The molecule has 3 heterocycles. The Balaban J connectivity index is 1.52. The first kappa shape index (κ1) is 19.1. The zero-order valence-electron chi connectivity index (χ0n) is 15.7. The summed E-state index contributed by atoms with van der Waals surface area (Å²) in [5, 5.41) is 5.45. The third-order valence-corrected chi connectivity index (χ3v) is 6.13. The van der Waals surface area contributed by atoms with Crippen molar-refractivity contribution in [2.24, 2.45) is 0 Å². The Hall–Kier alpha value is -3.20. The Kier molecular flexibility index (Phi) is 4.83. The number of nitrogens with zero attached hydrogens (tertiary/aromatic N) is 1. The molecule has 2 aromatic rings. The van der Waals surface area contributed by atoms with Crippen molar-refractivity contribution in [2.45, 2.75) is 25.4 Å². The molecule has 0 radical (unpaired) electrons. The van der Waals surface area contributed by atoms with Gasteiger partial charge in [0.05, 0.1) is 24.6 Å². The van der Waals surface area contributed by atoms with Crippen molar-refractivity contribution in [1.82, 2.24) is 15.5 Å². The van der Waals surface area contributed by atoms with Gasteiger partial charge in [0.15, 0.2) is 11.3 Å². The number of benzene rings is 1. The van der Waals surface area contributed by atoms with Gasteiger partial charge in [-0.25, -0.2) is 4.79 Å². The number of carbonyl (C=O) groups is 4. The molecule has 4 rings (SSSR count). The summed E-state index contributed by atoms with van der Waals surface area (Å²) in [4.78, 5) is 51.7. The van der Waals surface area contributed by atoms with E-state index in [0.717, 1.165) is 9.78 Å². The maximum atomic E-state index is 13.2. The molecule has 1 unspecified atom stereocenters. The van der Waals surface area contributed by atoms with E-state index in [4.69, 9.17) is 4.74 Å². The van der Waals surface area contributed by atoms with Crippen LogP contribution in [0.2, 0.25) is 0 Å². The fourth-order valence-electron chi connectivity index (χ4n) is 3.57. The number of rotatable bonds is 5. The molecule has 4 amide bonds. The van der Waals surface area contributed by atoms with E-state index in [1.54, 1.807) is 36.4 Å². The van der Waals surface area contributed by atoms with Crippen LogP contribution in [-0.2, 0) is 21.7 Å². The lowest BCUT2D eigenvalue weighted by molar-refractivity contribution is -0.132. The van der Waals surface area contributed by atoms with Gasteiger partial charge in [0.1, 0.15) is 5.75 Å². The highest BCUT2D eigenvalue weighted by atomic mass is 32.1. The lowest BCUT2D eigenvalue weighted by atomic mass is 9.84. The molecule has 8 nitrogen and oxygen atoms in total. The highest BCUT2D eigenvalue weighted by molar-refractivity contribution is 7.14. The lowest BCUT2D eigenvalue weighted by Gasteiger charge is -2.33. The number of amides is 4. The van der Waals surface area contributed by atoms with Crippen LogP contribution in [0.4, 0.5) is 4.79 Å². The number of ketones is 1. The molecule has 1 aromatic carbocycles. The van der Waals surface area contributed by atoms with Gasteiger partial charge in [0.2, 0.25) is 5.91 Å². The Morgan fingerprint density at radius 1 is 1.24 bits per heavy atom. The molecule has 0 saturated carbocycles. The van der Waals surface area contributed by atoms with Crippen LogP contribution in [0.15, 0.2) is 36.4 Å². The average molecular weight is 413 g/mol. The molecule has 2 aliphatic heterocycles. The molecule has 1 fully saturated rings. The van der Waals surface area contributed by atoms with Gasteiger partial charge in [-0.15, -0.1) is 11.3 Å². The summed E-state index contributed by atoms with van der Waals surface area (Å²) in [5.41, 5.74) is -0.591. The van der Waals surface area contributed by atoms with Crippen LogP contribution in [0.1, 0.15) is 33.5 Å². The van der Waals surface area contributed by atoms with E-state index in [1.807, 2.05) is 0 Å². The number of ether oxygens (including phenoxy) is 1. The second-order valence-corrected chi connectivity index (χ2v) is 8.09. The van der Waals surface area contributed by atoms with Gasteiger partial charge < -0.3 is 15.4 Å². The summed E-state index contributed by atoms with van der Waals surface area (Å²) in [5.74, 6) is -0.374. The number of fused-ring (bicyclic) bond motifs is 2. The van der Waals surface area contributed by atoms with E-state index in [9.17, 15) is 19.2 Å². The molecular formula is C20H19N3O5S. The number of carbonyl (C=O) groups excluding carboxylic acids is 4. The molecule has 0 bridgehead atoms. The van der Waals surface area contributed by atoms with Crippen LogP contribution >= 0.6 is 11.3 Å². The summed E-state index contributed by atoms with van der Waals surface area (Å²) >= 11 is 1.23. The fraction of sp³-hybridized carbons (Fsp3) is 0.300. The second-order valence-electron chi connectivity index (χ2n) is 6.92. The molecule has 1 spiro atoms. The van der Waals surface area contributed by atoms with Crippen LogP contribution in [0.5, 0.6) is 5.75 Å². The molecular weight excluding hydrogens is 394 g/mol. The zero-order valence-corrected chi connectivity index (χ0v) is 16.5. The van der Waals surface area contributed by atoms with Crippen molar-refractivity contribution in [3.05, 3.63) is 51.7 Å². The molecule has 29 heavy (non-hydrogen) atoms. The van der Waals surface area contributed by atoms with Gasteiger partial charge in [-0.3, -0.25) is 19.3 Å². The maximum Gasteiger partial charge on any atom is 0.325 e. The zero-order chi connectivity index (χ0) is 20.6. The minimum Gasteiger partial charge on any atom is -0.493 e. The maximum absolute atomic E-state index is 13.2. The number of imide groups is 1. The normalized spacial score (nSPS) is 20.2. The van der Waals surface area contributed by atoms with Gasteiger partial charge in [-0.1, -0.05) is 18.2 Å². The van der Waals surface area contributed by atoms with Gasteiger partial charge in [-0.05, 0) is 18.2 Å². The standard InChI is InChI=1S/C20H19N3O5S/c1-12(24)21-10-13-6-7-17(29-13)15(25)11-23-18(26)20(22-19(23)27)8-9-28-16-5-3-2-4-14(16)20/h2-7H,8-11H2,1H3,(H,21,24)(H,22,27). The van der Waals surface area contributed by atoms with E-state index < -0.39 is 17.5 Å². The van der Waals surface area contributed by atoms with Gasteiger partial charge in [0.25, 0.3) is 5.91 Å². The van der Waals surface area contributed by atoms with Crippen molar-refractivity contribution < 1.29 is 23.9 Å². The molecule has 1 aromatic heterocycles. The minimum absolute atomic E-state index is 0.160. The Labute approximate surface area is 170 Å². The van der Waals surface area contributed by atoms with Crippen LogP contribution in [-0.4, -0.2) is 41.7 Å². The highest BCUT2D eigenvalue weighted by Gasteiger charge is 2.55. The van der Waals surface area contributed by atoms with E-state index in [2.05, 4.69) is 10.6 Å². The van der Waals surface area contributed by atoms with Crippen LogP contribution < -0.4 is 15.4 Å². The summed E-state index contributed by atoms with van der Waals surface area (Å²) in [6, 6.07) is 9.89. The number of para-hydroxylation sites is 1. The van der Waals surface area contributed by atoms with Crippen molar-refractivity contribution in [1.29, 1.82) is 0 Å². The van der Waals surface area contributed by atoms with E-state index >= 15 is 0 Å². The third kappa shape index (κ3) is 3.38. The first-order valence-corrected chi connectivity index (χ1v) is 9.95. The first-order valence-electron chi connectivity index (χ1n) is 9.13. The number of thiophene rings is 1. The summed E-state index contributed by atoms with van der Waals surface area (Å²) in [7, 11) is 0. The predicted octanol–water partition coefficient (Wildman–Crippen LogP) is 1.80. The topological polar surface area (TPSA) is 105 Å². The van der Waals surface area contributed by atoms with Gasteiger partial charge >= 0.3 is 6.03 Å². The Morgan fingerprint density at radius 2 is 2.03 bits per heavy atom. The number of urea groups is 1. The monoisotopic (exact) mass is 413 g/mol. The molecule has 1 saturated heterocycles. The molecule has 2 aliphatic rings. The number of nitrogens with one attached hydrogen (secondary N) is 2. The first-order chi connectivity index (χ1) is 13.9. The predicted molar refractivity (Wildman–Crippen MR) is 105 cm³/mol. The third-order valence-electron chi connectivity index (χ3n) is 5.01. The second kappa shape index (κ2) is 7.32. The molecule has 9 heteroatoms. The highest BCUT2D eigenvalue weighted by Crippen LogP contribution is 2.41. The molecule has 1 atom stereocenters. The van der Waals surface area contributed by atoms with E-state index in [0.29, 0.717) is 35.8 Å². The lowest BCUT2D eigenvalue weighted by Crippen LogP contribution is -2.47. The Bertz CT molecular complexity index is 1020. The summed E-state index contributed by atoms with van der Waals surface area (Å²) in [6.07, 6.45) is 0.305. The van der Waals surface area contributed by atoms with Crippen LogP contribution in [0.3, 0.4) is 0 Å². The smallest absolute Gasteiger partial charge is 0.325 e. The van der Waals surface area contributed by atoms with Gasteiger partial charge in [-0.2, -0.15) is 0 Å². The SMILES string of the molecule is CC(=O)NCc1ccc(C(=O)CN2C(=O)NC3(CCOc4ccccc43)C2=O)s1. The minimum atomic E-state index is -1.20. The van der Waals surface area contributed by atoms with Crippen molar-refractivity contribution in [2.75, 3.05) is 13.2 Å². The molecule has 150 valence electrons. The Morgan fingerprint density at radius 3 is 2.83 bits per heavy atom. The van der Waals surface area contributed by atoms with Gasteiger partial charge in [0, 0.05) is 23.8 Å². The summed E-state index contributed by atoms with van der Waals surface area (Å²) < 4.78 is 5.60. The molecule has 0 aliphatic carbocycles. The van der Waals surface area contributed by atoms with Crippen molar-refractivity contribution >= 4 is 35.0 Å². The van der Waals surface area contributed by atoms with E-state index in [-0.39, 0.29) is 18.2 Å². The molecule has 2 N–H and O–H groups in total. The van der Waals surface area contributed by atoms with Crippen molar-refractivity contribution in [3.63, 3.8) is 0 Å². The van der Waals surface area contributed by atoms with Crippen LogP contribution in [0.25, 0.3) is 0 Å². The number of hydrogen-bond acceptors (Lipinski definition) is 6. The quantitative estimate of drug-likeness (QED) is 0.575. The largest absolute Gasteiger partial charge is 0.493 e. The average Bonchev–Trinajstić information content (AvgIpc) is 3.26. The van der Waals surface area contributed by atoms with Crippen molar-refractivity contribution in [3.8, 4) is 5.75 Å².